The standard InChI is InChI=1S/C12H9Cl2N3O3/c1-6-3-2-4-9(17(18)19)10(6)20-12-8(14)5-7(13)11(15)16-12/h2-5H,1H3,(H2,15,16). The lowest BCUT2D eigenvalue weighted by Crippen LogP contribution is -1.99. The van der Waals surface area contributed by atoms with E-state index in [-0.39, 0.29) is 33.2 Å². The van der Waals surface area contributed by atoms with Crippen LogP contribution in [0.15, 0.2) is 24.3 Å². The van der Waals surface area contributed by atoms with Crippen LogP contribution in [0.4, 0.5) is 11.5 Å². The van der Waals surface area contributed by atoms with E-state index in [1.165, 1.54) is 12.1 Å². The fraction of sp³-hybridized carbons (Fsp3) is 0.0833. The zero-order valence-electron chi connectivity index (χ0n) is 10.3. The Bertz CT molecular complexity index is 692. The van der Waals surface area contributed by atoms with Crippen LogP contribution in [-0.4, -0.2) is 9.91 Å². The number of nitro groups is 1. The van der Waals surface area contributed by atoms with E-state index in [0.29, 0.717) is 5.56 Å². The molecule has 0 radical (unpaired) electrons. The average Bonchev–Trinajstić information content (AvgIpc) is 2.37. The van der Waals surface area contributed by atoms with Gasteiger partial charge in [0.2, 0.25) is 11.6 Å². The van der Waals surface area contributed by atoms with Crippen molar-refractivity contribution >= 4 is 34.7 Å². The molecule has 0 spiro atoms. The van der Waals surface area contributed by atoms with Crippen LogP contribution in [0.3, 0.4) is 0 Å². The zero-order chi connectivity index (χ0) is 14.9. The summed E-state index contributed by atoms with van der Waals surface area (Å²) in [5.41, 5.74) is 5.95. The molecule has 2 aromatic rings. The van der Waals surface area contributed by atoms with E-state index in [1.807, 2.05) is 0 Å². The van der Waals surface area contributed by atoms with Crippen LogP contribution in [0, 0.1) is 17.0 Å². The van der Waals surface area contributed by atoms with Gasteiger partial charge in [-0.2, -0.15) is 4.98 Å². The third kappa shape index (κ3) is 2.76. The van der Waals surface area contributed by atoms with Crippen molar-refractivity contribution in [3.8, 4) is 11.6 Å². The van der Waals surface area contributed by atoms with Crippen LogP contribution in [-0.2, 0) is 0 Å². The predicted octanol–water partition coefficient (Wildman–Crippen LogP) is 3.98. The zero-order valence-corrected chi connectivity index (χ0v) is 11.8. The molecule has 20 heavy (non-hydrogen) atoms. The molecule has 0 saturated heterocycles. The number of hydrogen-bond acceptors (Lipinski definition) is 5. The number of nitrogen functional groups attached to an aromatic ring is 1. The molecule has 0 amide bonds. The molecule has 1 aromatic carbocycles. The van der Waals surface area contributed by atoms with E-state index in [0.717, 1.165) is 0 Å². The van der Waals surface area contributed by atoms with Crippen LogP contribution in [0.5, 0.6) is 11.6 Å². The molecule has 2 N–H and O–H groups in total. The number of nitrogens with zero attached hydrogens (tertiary/aromatic N) is 2. The molecule has 8 heteroatoms. The van der Waals surface area contributed by atoms with Crippen molar-refractivity contribution < 1.29 is 9.66 Å². The average molecular weight is 314 g/mol. The number of rotatable bonds is 3. The van der Waals surface area contributed by atoms with Gasteiger partial charge in [0.1, 0.15) is 10.8 Å². The highest BCUT2D eigenvalue weighted by molar-refractivity contribution is 6.36. The number of nitro benzene ring substituents is 1. The van der Waals surface area contributed by atoms with Crippen molar-refractivity contribution in [2.45, 2.75) is 6.92 Å². The maximum Gasteiger partial charge on any atom is 0.311 e. The van der Waals surface area contributed by atoms with Gasteiger partial charge >= 0.3 is 5.69 Å². The summed E-state index contributed by atoms with van der Waals surface area (Å²) in [6, 6.07) is 5.93. The Kier molecular flexibility index (Phi) is 3.96. The molecular formula is C12H9Cl2N3O3. The number of para-hydroxylation sites is 1. The molecule has 2 rings (SSSR count). The van der Waals surface area contributed by atoms with Gasteiger partial charge in [0.05, 0.1) is 9.95 Å². The van der Waals surface area contributed by atoms with Crippen molar-refractivity contribution in [1.82, 2.24) is 4.98 Å². The van der Waals surface area contributed by atoms with Gasteiger partial charge in [0.15, 0.2) is 0 Å². The Morgan fingerprint density at radius 3 is 2.70 bits per heavy atom. The highest BCUT2D eigenvalue weighted by Gasteiger charge is 2.20. The first kappa shape index (κ1) is 14.4. The number of pyridine rings is 1. The van der Waals surface area contributed by atoms with E-state index in [4.69, 9.17) is 33.7 Å². The Morgan fingerprint density at radius 1 is 1.35 bits per heavy atom. The van der Waals surface area contributed by atoms with E-state index in [1.54, 1.807) is 19.1 Å². The first-order valence-corrected chi connectivity index (χ1v) is 6.19. The van der Waals surface area contributed by atoms with Gasteiger partial charge in [-0.3, -0.25) is 10.1 Å². The second-order valence-electron chi connectivity index (χ2n) is 3.92. The molecule has 104 valence electrons. The predicted molar refractivity (Wildman–Crippen MR) is 76.6 cm³/mol. The molecule has 0 atom stereocenters. The van der Waals surface area contributed by atoms with E-state index < -0.39 is 4.92 Å². The third-order valence-corrected chi connectivity index (χ3v) is 3.08. The van der Waals surface area contributed by atoms with Gasteiger partial charge in [-0.15, -0.1) is 0 Å². The highest BCUT2D eigenvalue weighted by atomic mass is 35.5. The maximum atomic E-state index is 11.0. The van der Waals surface area contributed by atoms with Crippen molar-refractivity contribution in [3.05, 3.63) is 50.0 Å². The van der Waals surface area contributed by atoms with Gasteiger partial charge in [-0.05, 0) is 18.6 Å². The van der Waals surface area contributed by atoms with Crippen molar-refractivity contribution in [2.75, 3.05) is 5.73 Å². The number of nitrogens with two attached hydrogens (primary N) is 1. The largest absolute Gasteiger partial charge is 0.430 e. The Balaban J connectivity index is 2.50. The van der Waals surface area contributed by atoms with Crippen LogP contribution in [0.1, 0.15) is 5.56 Å². The number of hydrogen-bond donors (Lipinski definition) is 1. The molecular weight excluding hydrogens is 305 g/mol. The lowest BCUT2D eigenvalue weighted by atomic mass is 10.2. The lowest BCUT2D eigenvalue weighted by molar-refractivity contribution is -0.385. The molecule has 0 unspecified atom stereocenters. The monoisotopic (exact) mass is 313 g/mol. The van der Waals surface area contributed by atoms with Crippen LogP contribution >= 0.6 is 23.2 Å². The number of aryl methyl sites for hydroxylation is 1. The van der Waals surface area contributed by atoms with Gasteiger partial charge in [-0.25, -0.2) is 0 Å². The number of aromatic nitrogens is 1. The molecule has 0 saturated carbocycles. The van der Waals surface area contributed by atoms with E-state index in [9.17, 15) is 10.1 Å². The van der Waals surface area contributed by atoms with Gasteiger partial charge < -0.3 is 10.5 Å². The summed E-state index contributed by atoms with van der Waals surface area (Å²) in [7, 11) is 0. The van der Waals surface area contributed by atoms with Crippen LogP contribution in [0.25, 0.3) is 0 Å². The van der Waals surface area contributed by atoms with E-state index in [2.05, 4.69) is 4.98 Å². The summed E-state index contributed by atoms with van der Waals surface area (Å²) in [4.78, 5) is 14.3. The van der Waals surface area contributed by atoms with Gasteiger partial charge in [0, 0.05) is 6.07 Å². The molecule has 6 nitrogen and oxygen atoms in total. The number of ether oxygens (including phenoxy) is 1. The summed E-state index contributed by atoms with van der Waals surface area (Å²) >= 11 is 11.7. The first-order valence-electron chi connectivity index (χ1n) is 5.43. The van der Waals surface area contributed by atoms with Crippen molar-refractivity contribution in [3.63, 3.8) is 0 Å². The minimum atomic E-state index is -0.546. The third-order valence-electron chi connectivity index (χ3n) is 2.51. The number of halogens is 2. The Morgan fingerprint density at radius 2 is 2.05 bits per heavy atom. The molecule has 1 heterocycles. The summed E-state index contributed by atoms with van der Waals surface area (Å²) in [5, 5.41) is 11.3. The molecule has 0 fully saturated rings. The SMILES string of the molecule is Cc1cccc([N+](=O)[O-])c1Oc1nc(N)c(Cl)cc1Cl. The lowest BCUT2D eigenvalue weighted by Gasteiger charge is -2.10. The normalized spacial score (nSPS) is 10.3. The fourth-order valence-electron chi connectivity index (χ4n) is 1.54. The summed E-state index contributed by atoms with van der Waals surface area (Å²) in [6.45, 7) is 1.68. The first-order chi connectivity index (χ1) is 9.40. The molecule has 0 aliphatic rings. The fourth-order valence-corrected chi connectivity index (χ4v) is 1.94. The second-order valence-corrected chi connectivity index (χ2v) is 4.74. The van der Waals surface area contributed by atoms with E-state index >= 15 is 0 Å². The molecule has 0 bridgehead atoms. The van der Waals surface area contributed by atoms with Crippen molar-refractivity contribution in [2.24, 2.45) is 0 Å². The second kappa shape index (κ2) is 5.52. The topological polar surface area (TPSA) is 91.3 Å². The number of anilines is 1. The Hall–Kier alpha value is -2.05. The highest BCUT2D eigenvalue weighted by Crippen LogP contribution is 2.37. The summed E-state index contributed by atoms with van der Waals surface area (Å²) in [6.07, 6.45) is 0. The van der Waals surface area contributed by atoms with Gasteiger partial charge in [-0.1, -0.05) is 35.3 Å². The summed E-state index contributed by atoms with van der Waals surface area (Å²) < 4.78 is 5.44. The van der Waals surface area contributed by atoms with Crippen LogP contribution < -0.4 is 10.5 Å². The Labute approximate surface area is 124 Å². The maximum absolute atomic E-state index is 11.0. The minimum Gasteiger partial charge on any atom is -0.430 e. The van der Waals surface area contributed by atoms with Crippen molar-refractivity contribution in [1.29, 1.82) is 0 Å². The minimum absolute atomic E-state index is 0.0299. The molecule has 0 aliphatic heterocycles. The quantitative estimate of drug-likeness (QED) is 0.683. The molecule has 1 aromatic heterocycles. The van der Waals surface area contributed by atoms with Gasteiger partial charge in [0.25, 0.3) is 0 Å². The molecule has 0 aliphatic carbocycles. The summed E-state index contributed by atoms with van der Waals surface area (Å²) in [5.74, 6) is 0.0573. The van der Waals surface area contributed by atoms with Crippen LogP contribution in [0.2, 0.25) is 10.0 Å². The number of benzene rings is 1. The smallest absolute Gasteiger partial charge is 0.311 e.